The van der Waals surface area contributed by atoms with Crippen molar-refractivity contribution in [3.05, 3.63) is 58.6 Å². The number of carbonyl (C=O) groups excluding carboxylic acids is 2. The van der Waals surface area contributed by atoms with E-state index in [1.165, 1.54) is 0 Å². The minimum atomic E-state index is -0.313. The molecule has 0 aliphatic carbocycles. The number of nitrogens with zero attached hydrogens (tertiary/aromatic N) is 1. The molecule has 1 aliphatic rings. The maximum atomic E-state index is 12.5. The summed E-state index contributed by atoms with van der Waals surface area (Å²) in [6.07, 6.45) is 0. The lowest BCUT2D eigenvalue weighted by Gasteiger charge is -2.30. The van der Waals surface area contributed by atoms with Gasteiger partial charge in [-0.25, -0.2) is 0 Å². The fraction of sp³-hybridized carbons (Fsp3) is 0.391. The first-order valence-electron chi connectivity index (χ1n) is 10.0. The molecule has 2 N–H and O–H groups in total. The monoisotopic (exact) mass is 429 g/mol. The third-order valence-electron chi connectivity index (χ3n) is 5.01. The van der Waals surface area contributed by atoms with Gasteiger partial charge >= 0.3 is 0 Å². The lowest BCUT2D eigenvalue weighted by Crippen LogP contribution is -2.37. The molecule has 0 radical (unpaired) electrons. The van der Waals surface area contributed by atoms with E-state index in [1.807, 2.05) is 18.2 Å². The molecule has 1 saturated heterocycles. The number of halogens is 1. The lowest BCUT2D eigenvalue weighted by molar-refractivity contribution is -0.115. The van der Waals surface area contributed by atoms with Crippen LogP contribution in [0.1, 0.15) is 36.7 Å². The van der Waals surface area contributed by atoms with Gasteiger partial charge in [0.25, 0.3) is 5.91 Å². The number of ether oxygens (including phenoxy) is 1. The Hall–Kier alpha value is -2.57. The van der Waals surface area contributed by atoms with Gasteiger partial charge in [-0.15, -0.1) is 0 Å². The van der Waals surface area contributed by atoms with Gasteiger partial charge in [0.15, 0.2) is 0 Å². The number of nitrogens with one attached hydrogen (secondary N) is 2. The molecule has 0 aromatic heterocycles. The van der Waals surface area contributed by atoms with Crippen molar-refractivity contribution in [2.45, 2.75) is 26.2 Å². The average Bonchev–Trinajstić information content (AvgIpc) is 2.72. The predicted octanol–water partition coefficient (Wildman–Crippen LogP) is 3.84. The summed E-state index contributed by atoms with van der Waals surface area (Å²) >= 11 is 6.13. The zero-order valence-electron chi connectivity index (χ0n) is 17.6. The number of carbonyl (C=O) groups is 2. The minimum Gasteiger partial charge on any atom is -0.378 e. The predicted molar refractivity (Wildman–Crippen MR) is 121 cm³/mol. The van der Waals surface area contributed by atoms with E-state index < -0.39 is 0 Å². The molecule has 2 amide bonds. The number of anilines is 2. The maximum absolute atomic E-state index is 12.5. The molecule has 0 spiro atoms. The zero-order valence-corrected chi connectivity index (χ0v) is 18.4. The second kappa shape index (κ2) is 9.49. The standard InChI is InChI=1S/C23H28ClN3O3/c1-23(2,3)17-6-4-16(5-7-17)22(29)25-15-21(28)26-19-14-18(24)8-9-20(19)27-10-12-30-13-11-27/h4-9,14H,10-13,15H2,1-3H3,(H,25,29)(H,26,28). The third kappa shape index (κ3) is 5.74. The van der Waals surface area contributed by atoms with E-state index in [4.69, 9.17) is 16.3 Å². The molecule has 6 nitrogen and oxygen atoms in total. The molecular weight excluding hydrogens is 402 g/mol. The highest BCUT2D eigenvalue weighted by atomic mass is 35.5. The van der Waals surface area contributed by atoms with E-state index in [0.717, 1.165) is 24.3 Å². The van der Waals surface area contributed by atoms with Gasteiger partial charge < -0.3 is 20.3 Å². The van der Waals surface area contributed by atoms with E-state index >= 15 is 0 Å². The first kappa shape index (κ1) is 22.1. The van der Waals surface area contributed by atoms with Crippen LogP contribution >= 0.6 is 11.6 Å². The number of amides is 2. The van der Waals surface area contributed by atoms with Gasteiger partial charge in [0, 0.05) is 23.7 Å². The Labute approximate surface area is 182 Å². The van der Waals surface area contributed by atoms with Crippen molar-refractivity contribution >= 4 is 34.8 Å². The zero-order chi connectivity index (χ0) is 21.7. The highest BCUT2D eigenvalue weighted by molar-refractivity contribution is 6.31. The van der Waals surface area contributed by atoms with Crippen molar-refractivity contribution in [3.63, 3.8) is 0 Å². The number of hydrogen-bond acceptors (Lipinski definition) is 4. The molecule has 1 aliphatic heterocycles. The number of hydrogen-bond donors (Lipinski definition) is 2. The van der Waals surface area contributed by atoms with Crippen LogP contribution in [0.2, 0.25) is 5.02 Å². The first-order valence-corrected chi connectivity index (χ1v) is 10.4. The van der Waals surface area contributed by atoms with E-state index in [9.17, 15) is 9.59 Å². The van der Waals surface area contributed by atoms with Crippen LogP contribution < -0.4 is 15.5 Å². The highest BCUT2D eigenvalue weighted by Crippen LogP contribution is 2.29. The summed E-state index contributed by atoms with van der Waals surface area (Å²) in [6.45, 7) is 8.99. The summed E-state index contributed by atoms with van der Waals surface area (Å²) in [7, 11) is 0. The van der Waals surface area contributed by atoms with Crippen LogP contribution in [-0.2, 0) is 14.9 Å². The molecule has 2 aromatic rings. The Morgan fingerprint density at radius 3 is 2.37 bits per heavy atom. The van der Waals surface area contributed by atoms with E-state index in [2.05, 4.69) is 36.3 Å². The van der Waals surface area contributed by atoms with Crippen LogP contribution in [0.4, 0.5) is 11.4 Å². The number of benzene rings is 2. The van der Waals surface area contributed by atoms with Crippen molar-refractivity contribution in [2.75, 3.05) is 43.1 Å². The molecule has 1 heterocycles. The van der Waals surface area contributed by atoms with E-state index in [-0.39, 0.29) is 23.8 Å². The van der Waals surface area contributed by atoms with Crippen molar-refractivity contribution in [2.24, 2.45) is 0 Å². The van der Waals surface area contributed by atoms with Crippen molar-refractivity contribution < 1.29 is 14.3 Å². The molecule has 3 rings (SSSR count). The molecule has 0 saturated carbocycles. The van der Waals surface area contributed by atoms with Crippen LogP contribution in [0.5, 0.6) is 0 Å². The van der Waals surface area contributed by atoms with Crippen LogP contribution in [0, 0.1) is 0 Å². The van der Waals surface area contributed by atoms with Gasteiger partial charge in [-0.05, 0) is 41.3 Å². The molecule has 0 unspecified atom stereocenters. The van der Waals surface area contributed by atoms with Gasteiger partial charge in [0.1, 0.15) is 0 Å². The Kier molecular flexibility index (Phi) is 7.00. The van der Waals surface area contributed by atoms with E-state index in [1.54, 1.807) is 24.3 Å². The number of rotatable bonds is 5. The smallest absolute Gasteiger partial charge is 0.251 e. The summed E-state index contributed by atoms with van der Waals surface area (Å²) in [5.41, 5.74) is 3.20. The SMILES string of the molecule is CC(C)(C)c1ccc(C(=O)NCC(=O)Nc2cc(Cl)ccc2N2CCOCC2)cc1. The van der Waals surface area contributed by atoms with Crippen LogP contribution in [-0.4, -0.2) is 44.7 Å². The Balaban J connectivity index is 1.60. The summed E-state index contributed by atoms with van der Waals surface area (Å²) in [4.78, 5) is 27.0. The third-order valence-corrected chi connectivity index (χ3v) is 5.24. The Bertz CT molecular complexity index is 901. The topological polar surface area (TPSA) is 70.7 Å². The van der Waals surface area contributed by atoms with Gasteiger partial charge in [-0.3, -0.25) is 9.59 Å². The first-order chi connectivity index (χ1) is 14.2. The molecule has 0 bridgehead atoms. The Morgan fingerprint density at radius 2 is 1.73 bits per heavy atom. The molecule has 0 atom stereocenters. The quantitative estimate of drug-likeness (QED) is 0.757. The van der Waals surface area contributed by atoms with Gasteiger partial charge in [0.05, 0.1) is 31.1 Å². The van der Waals surface area contributed by atoms with Crippen LogP contribution in [0.3, 0.4) is 0 Å². The molecule has 160 valence electrons. The summed E-state index contributed by atoms with van der Waals surface area (Å²) < 4.78 is 5.40. The van der Waals surface area contributed by atoms with Crippen LogP contribution in [0.25, 0.3) is 0 Å². The largest absolute Gasteiger partial charge is 0.378 e. The summed E-state index contributed by atoms with van der Waals surface area (Å²) in [6, 6.07) is 12.8. The highest BCUT2D eigenvalue weighted by Gasteiger charge is 2.18. The van der Waals surface area contributed by atoms with Crippen molar-refractivity contribution in [1.29, 1.82) is 0 Å². The molecule has 2 aromatic carbocycles. The second-order valence-electron chi connectivity index (χ2n) is 8.32. The maximum Gasteiger partial charge on any atom is 0.251 e. The van der Waals surface area contributed by atoms with Gasteiger partial charge in [-0.2, -0.15) is 0 Å². The van der Waals surface area contributed by atoms with Crippen molar-refractivity contribution in [3.8, 4) is 0 Å². The summed E-state index contributed by atoms with van der Waals surface area (Å²) in [5.74, 6) is -0.600. The Morgan fingerprint density at radius 1 is 1.07 bits per heavy atom. The average molecular weight is 430 g/mol. The number of morpholine rings is 1. The fourth-order valence-electron chi connectivity index (χ4n) is 3.27. The molecule has 30 heavy (non-hydrogen) atoms. The van der Waals surface area contributed by atoms with Crippen LogP contribution in [0.15, 0.2) is 42.5 Å². The lowest BCUT2D eigenvalue weighted by atomic mass is 9.87. The molecule has 1 fully saturated rings. The van der Waals surface area contributed by atoms with Gasteiger partial charge in [0.2, 0.25) is 5.91 Å². The molecular formula is C23H28ClN3O3. The second-order valence-corrected chi connectivity index (χ2v) is 8.76. The normalized spacial score (nSPS) is 14.3. The molecule has 7 heteroatoms. The van der Waals surface area contributed by atoms with E-state index in [0.29, 0.717) is 29.5 Å². The van der Waals surface area contributed by atoms with Crippen molar-refractivity contribution in [1.82, 2.24) is 5.32 Å². The summed E-state index contributed by atoms with van der Waals surface area (Å²) in [5, 5.41) is 6.07. The fourth-order valence-corrected chi connectivity index (χ4v) is 3.44. The van der Waals surface area contributed by atoms with Gasteiger partial charge in [-0.1, -0.05) is 44.5 Å². The minimum absolute atomic E-state index is 0.0179.